The lowest BCUT2D eigenvalue weighted by atomic mass is 10.3. The summed E-state index contributed by atoms with van der Waals surface area (Å²) in [5.41, 5.74) is 0.468. The van der Waals surface area contributed by atoms with Gasteiger partial charge in [0.15, 0.2) is 5.76 Å². The van der Waals surface area contributed by atoms with Gasteiger partial charge in [-0.15, -0.1) is 11.3 Å². The van der Waals surface area contributed by atoms with Gasteiger partial charge in [-0.1, -0.05) is 6.07 Å². The lowest BCUT2D eigenvalue weighted by Gasteiger charge is -2.05. The van der Waals surface area contributed by atoms with Gasteiger partial charge >= 0.3 is 0 Å². The SMILES string of the molecule is O=C(Cn1ncn2nc(-c3ccco3)cc2c1=O)NCc1cccs1. The van der Waals surface area contributed by atoms with Crippen LogP contribution in [-0.2, 0) is 17.9 Å². The van der Waals surface area contributed by atoms with Crippen molar-refractivity contribution in [2.45, 2.75) is 13.1 Å². The number of furan rings is 1. The van der Waals surface area contributed by atoms with E-state index in [1.165, 1.54) is 17.1 Å². The largest absolute Gasteiger partial charge is 0.463 e. The van der Waals surface area contributed by atoms with Gasteiger partial charge in [0.25, 0.3) is 5.56 Å². The minimum Gasteiger partial charge on any atom is -0.463 e. The Morgan fingerprint density at radius 1 is 1.32 bits per heavy atom. The van der Waals surface area contributed by atoms with E-state index in [0.29, 0.717) is 23.5 Å². The predicted octanol–water partition coefficient (Wildman–Crippen LogP) is 1.53. The van der Waals surface area contributed by atoms with Gasteiger partial charge in [0.2, 0.25) is 5.91 Å². The number of hydrogen-bond donors (Lipinski definition) is 1. The van der Waals surface area contributed by atoms with Crippen LogP contribution < -0.4 is 10.9 Å². The first-order valence-corrected chi connectivity index (χ1v) is 8.37. The maximum atomic E-state index is 12.5. The minimum atomic E-state index is -0.390. The molecule has 0 aliphatic carbocycles. The van der Waals surface area contributed by atoms with Crippen molar-refractivity contribution in [3.8, 4) is 11.5 Å². The van der Waals surface area contributed by atoms with Crippen LogP contribution in [-0.4, -0.2) is 25.3 Å². The van der Waals surface area contributed by atoms with Crippen LogP contribution in [0.1, 0.15) is 4.88 Å². The zero-order valence-electron chi connectivity index (χ0n) is 13.0. The van der Waals surface area contributed by atoms with Crippen LogP contribution in [0.25, 0.3) is 17.0 Å². The lowest BCUT2D eigenvalue weighted by molar-refractivity contribution is -0.122. The van der Waals surface area contributed by atoms with E-state index < -0.39 is 0 Å². The van der Waals surface area contributed by atoms with Crippen molar-refractivity contribution in [1.29, 1.82) is 0 Å². The fraction of sp³-hybridized carbons (Fsp3) is 0.125. The molecule has 0 spiro atoms. The van der Waals surface area contributed by atoms with Crippen LogP contribution in [0.15, 0.2) is 57.5 Å². The van der Waals surface area contributed by atoms with Crippen molar-refractivity contribution in [2.24, 2.45) is 0 Å². The van der Waals surface area contributed by atoms with Gasteiger partial charge in [-0.25, -0.2) is 9.20 Å². The first-order chi connectivity index (χ1) is 12.2. The van der Waals surface area contributed by atoms with E-state index in [4.69, 9.17) is 4.42 Å². The molecule has 9 heteroatoms. The zero-order valence-corrected chi connectivity index (χ0v) is 13.8. The molecule has 1 amide bonds. The topological polar surface area (TPSA) is 94.4 Å². The Labute approximate surface area is 145 Å². The maximum Gasteiger partial charge on any atom is 0.293 e. The van der Waals surface area contributed by atoms with Gasteiger partial charge in [0.1, 0.15) is 24.1 Å². The molecule has 25 heavy (non-hydrogen) atoms. The van der Waals surface area contributed by atoms with Crippen molar-refractivity contribution in [1.82, 2.24) is 24.7 Å². The van der Waals surface area contributed by atoms with Crippen molar-refractivity contribution < 1.29 is 9.21 Å². The summed E-state index contributed by atoms with van der Waals surface area (Å²) in [4.78, 5) is 25.6. The molecule has 0 atom stereocenters. The summed E-state index contributed by atoms with van der Waals surface area (Å²) in [6, 6.07) is 8.97. The number of nitrogens with one attached hydrogen (secondary N) is 1. The van der Waals surface area contributed by atoms with Crippen molar-refractivity contribution in [3.05, 3.63) is 63.5 Å². The summed E-state index contributed by atoms with van der Waals surface area (Å²) < 4.78 is 7.78. The molecule has 0 fully saturated rings. The van der Waals surface area contributed by atoms with Crippen LogP contribution in [0.4, 0.5) is 0 Å². The van der Waals surface area contributed by atoms with Gasteiger partial charge in [0.05, 0.1) is 12.8 Å². The summed E-state index contributed by atoms with van der Waals surface area (Å²) >= 11 is 1.56. The van der Waals surface area contributed by atoms with E-state index in [0.717, 1.165) is 9.56 Å². The molecule has 1 N–H and O–H groups in total. The first-order valence-electron chi connectivity index (χ1n) is 7.49. The highest BCUT2D eigenvalue weighted by molar-refractivity contribution is 7.09. The van der Waals surface area contributed by atoms with Gasteiger partial charge in [-0.2, -0.15) is 10.2 Å². The van der Waals surface area contributed by atoms with E-state index in [9.17, 15) is 9.59 Å². The summed E-state index contributed by atoms with van der Waals surface area (Å²) in [6.07, 6.45) is 2.93. The molecule has 0 saturated heterocycles. The molecule has 0 aliphatic rings. The van der Waals surface area contributed by atoms with Gasteiger partial charge in [0, 0.05) is 10.9 Å². The molecule has 0 aliphatic heterocycles. The number of fused-ring (bicyclic) bond motifs is 1. The number of aromatic nitrogens is 4. The lowest BCUT2D eigenvalue weighted by Crippen LogP contribution is -2.33. The third-order valence-electron chi connectivity index (χ3n) is 3.60. The second kappa shape index (κ2) is 6.36. The van der Waals surface area contributed by atoms with Crippen LogP contribution in [0, 0.1) is 0 Å². The zero-order chi connectivity index (χ0) is 17.2. The second-order valence-electron chi connectivity index (χ2n) is 5.29. The minimum absolute atomic E-state index is 0.151. The molecular formula is C16H13N5O3S. The standard InChI is InChI=1S/C16H13N5O3S/c22-15(17-8-11-3-2-6-25-11)9-20-16(23)13-7-12(14-4-1-5-24-14)19-21(13)10-18-20/h1-7,10H,8-9H2,(H,17,22). The average molecular weight is 355 g/mol. The Hall–Kier alpha value is -3.20. The fourth-order valence-electron chi connectivity index (χ4n) is 2.39. The molecule has 0 bridgehead atoms. The van der Waals surface area contributed by atoms with E-state index in [2.05, 4.69) is 15.5 Å². The van der Waals surface area contributed by atoms with Crippen LogP contribution in [0.2, 0.25) is 0 Å². The molecule has 4 aromatic rings. The second-order valence-corrected chi connectivity index (χ2v) is 6.32. The molecule has 4 heterocycles. The summed E-state index contributed by atoms with van der Waals surface area (Å²) in [6.45, 7) is 0.283. The highest BCUT2D eigenvalue weighted by atomic mass is 32.1. The molecule has 0 saturated carbocycles. The highest BCUT2D eigenvalue weighted by Crippen LogP contribution is 2.18. The predicted molar refractivity (Wildman–Crippen MR) is 91.1 cm³/mol. The normalized spacial score (nSPS) is 11.0. The Balaban J connectivity index is 1.54. The summed E-state index contributed by atoms with van der Waals surface area (Å²) in [5.74, 6) is 0.279. The Morgan fingerprint density at radius 2 is 2.24 bits per heavy atom. The molecule has 4 rings (SSSR count). The fourth-order valence-corrected chi connectivity index (χ4v) is 3.03. The van der Waals surface area contributed by atoms with Gasteiger partial charge in [-0.3, -0.25) is 9.59 Å². The molecule has 0 radical (unpaired) electrons. The molecule has 0 unspecified atom stereocenters. The number of carbonyl (C=O) groups excluding carboxylic acids is 1. The molecule has 8 nitrogen and oxygen atoms in total. The van der Waals surface area contributed by atoms with Gasteiger partial charge in [-0.05, 0) is 23.6 Å². The third kappa shape index (κ3) is 3.09. The Morgan fingerprint density at radius 3 is 3.00 bits per heavy atom. The van der Waals surface area contributed by atoms with E-state index in [1.54, 1.807) is 29.5 Å². The van der Waals surface area contributed by atoms with E-state index >= 15 is 0 Å². The molecule has 126 valence electrons. The molecule has 0 aromatic carbocycles. The van der Waals surface area contributed by atoms with E-state index in [-0.39, 0.29) is 18.0 Å². The van der Waals surface area contributed by atoms with Crippen molar-refractivity contribution in [3.63, 3.8) is 0 Å². The number of amides is 1. The van der Waals surface area contributed by atoms with Gasteiger partial charge < -0.3 is 9.73 Å². The Kier molecular flexibility index (Phi) is 3.90. The molecular weight excluding hydrogens is 342 g/mol. The first kappa shape index (κ1) is 15.3. The number of nitrogens with zero attached hydrogens (tertiary/aromatic N) is 4. The number of carbonyl (C=O) groups is 1. The number of thiophene rings is 1. The van der Waals surface area contributed by atoms with Crippen LogP contribution in [0.3, 0.4) is 0 Å². The number of rotatable bonds is 5. The van der Waals surface area contributed by atoms with Crippen LogP contribution >= 0.6 is 11.3 Å². The summed E-state index contributed by atoms with van der Waals surface area (Å²) in [7, 11) is 0. The monoisotopic (exact) mass is 355 g/mol. The van der Waals surface area contributed by atoms with Crippen LogP contribution in [0.5, 0.6) is 0 Å². The third-order valence-corrected chi connectivity index (χ3v) is 4.47. The maximum absolute atomic E-state index is 12.5. The Bertz CT molecular complexity index is 1060. The quantitative estimate of drug-likeness (QED) is 0.586. The highest BCUT2D eigenvalue weighted by Gasteiger charge is 2.13. The average Bonchev–Trinajstić information content (AvgIpc) is 3.36. The summed E-state index contributed by atoms with van der Waals surface area (Å²) in [5, 5.41) is 13.0. The van der Waals surface area contributed by atoms with E-state index in [1.807, 2.05) is 17.5 Å². The van der Waals surface area contributed by atoms with Crippen molar-refractivity contribution in [2.75, 3.05) is 0 Å². The van der Waals surface area contributed by atoms with Crippen molar-refractivity contribution >= 4 is 22.8 Å². The molecule has 4 aromatic heterocycles. The number of hydrogen-bond acceptors (Lipinski definition) is 6. The smallest absolute Gasteiger partial charge is 0.293 e.